The first-order chi connectivity index (χ1) is 9.19. The lowest BCUT2D eigenvalue weighted by Crippen LogP contribution is -2.39. The summed E-state index contributed by atoms with van der Waals surface area (Å²) in [4.78, 5) is 2.42. The molecular weight excluding hydrogens is 260 g/mol. The van der Waals surface area contributed by atoms with Crippen molar-refractivity contribution in [1.29, 1.82) is 0 Å². The van der Waals surface area contributed by atoms with E-state index in [1.54, 1.807) is 0 Å². The first-order valence-corrected chi connectivity index (χ1v) is 7.44. The number of anilines is 1. The van der Waals surface area contributed by atoms with Gasteiger partial charge < -0.3 is 10.5 Å². The van der Waals surface area contributed by atoms with Gasteiger partial charge in [0, 0.05) is 30.4 Å². The normalized spacial score (nSPS) is 20.6. The fourth-order valence-electron chi connectivity index (χ4n) is 2.51. The number of hydrogen-bond acceptors (Lipinski definition) is 3. The van der Waals surface area contributed by atoms with Crippen molar-refractivity contribution in [3.8, 4) is 0 Å². The fraction of sp³-hybridized carbons (Fsp3) is 0.600. The smallest absolute Gasteiger partial charge is 0.0702 e. The van der Waals surface area contributed by atoms with E-state index in [2.05, 4.69) is 11.8 Å². The minimum Gasteiger partial charge on any atom is -0.399 e. The quantitative estimate of drug-likeness (QED) is 0.842. The molecule has 1 saturated heterocycles. The van der Waals surface area contributed by atoms with E-state index in [1.807, 2.05) is 18.2 Å². The summed E-state index contributed by atoms with van der Waals surface area (Å²) in [7, 11) is 0. The van der Waals surface area contributed by atoms with Crippen molar-refractivity contribution in [2.24, 2.45) is 0 Å². The highest BCUT2D eigenvalue weighted by Crippen LogP contribution is 2.23. The largest absolute Gasteiger partial charge is 0.399 e. The van der Waals surface area contributed by atoms with Crippen molar-refractivity contribution in [2.45, 2.75) is 38.8 Å². The van der Waals surface area contributed by atoms with Gasteiger partial charge in [-0.3, -0.25) is 4.90 Å². The molecule has 1 aromatic carbocycles. The number of rotatable bonds is 5. The van der Waals surface area contributed by atoms with E-state index < -0.39 is 0 Å². The second kappa shape index (κ2) is 7.13. The van der Waals surface area contributed by atoms with Gasteiger partial charge in [0.05, 0.1) is 6.10 Å². The molecular formula is C15H23ClN2O. The van der Waals surface area contributed by atoms with Crippen LogP contribution in [-0.2, 0) is 11.3 Å². The van der Waals surface area contributed by atoms with Crippen LogP contribution >= 0.6 is 11.6 Å². The first-order valence-electron chi connectivity index (χ1n) is 7.07. The average molecular weight is 283 g/mol. The van der Waals surface area contributed by atoms with Gasteiger partial charge in [0.2, 0.25) is 0 Å². The second-order valence-electron chi connectivity index (χ2n) is 5.22. The Morgan fingerprint density at radius 2 is 2.32 bits per heavy atom. The molecule has 3 nitrogen and oxygen atoms in total. The minimum atomic E-state index is 0.376. The lowest BCUT2D eigenvalue weighted by Gasteiger charge is -2.32. The Morgan fingerprint density at radius 1 is 1.47 bits per heavy atom. The molecule has 4 heteroatoms. The Morgan fingerprint density at radius 3 is 3.05 bits per heavy atom. The monoisotopic (exact) mass is 282 g/mol. The van der Waals surface area contributed by atoms with E-state index in [0.717, 1.165) is 48.9 Å². The van der Waals surface area contributed by atoms with Gasteiger partial charge in [-0.25, -0.2) is 0 Å². The molecule has 0 amide bonds. The van der Waals surface area contributed by atoms with Crippen molar-refractivity contribution in [1.82, 2.24) is 4.90 Å². The number of nitrogen functional groups attached to an aromatic ring is 1. The lowest BCUT2D eigenvalue weighted by molar-refractivity contribution is -0.00222. The van der Waals surface area contributed by atoms with Gasteiger partial charge in [-0.15, -0.1) is 0 Å². The zero-order chi connectivity index (χ0) is 13.7. The van der Waals surface area contributed by atoms with Crippen LogP contribution in [-0.4, -0.2) is 30.7 Å². The molecule has 0 radical (unpaired) electrons. The Hall–Kier alpha value is -0.770. The van der Waals surface area contributed by atoms with Crippen LogP contribution in [0, 0.1) is 0 Å². The summed E-state index contributed by atoms with van der Waals surface area (Å²) in [6, 6.07) is 5.76. The number of likely N-dealkylation sites (tertiary alicyclic amines) is 1. The van der Waals surface area contributed by atoms with Gasteiger partial charge in [-0.05, 0) is 43.5 Å². The molecule has 0 aliphatic carbocycles. The van der Waals surface area contributed by atoms with Gasteiger partial charge in [0.1, 0.15) is 0 Å². The van der Waals surface area contributed by atoms with Crippen LogP contribution in [0.1, 0.15) is 31.7 Å². The second-order valence-corrected chi connectivity index (χ2v) is 5.63. The van der Waals surface area contributed by atoms with Crippen LogP contribution in [0.2, 0.25) is 5.02 Å². The van der Waals surface area contributed by atoms with E-state index in [0.29, 0.717) is 6.10 Å². The molecule has 1 aromatic rings. The SMILES string of the molecule is CCCOC1CCCN(Cc2ccc(N)cc2Cl)C1. The molecule has 0 aromatic heterocycles. The number of benzene rings is 1. The van der Waals surface area contributed by atoms with E-state index in [-0.39, 0.29) is 0 Å². The summed E-state index contributed by atoms with van der Waals surface area (Å²) in [5.74, 6) is 0. The van der Waals surface area contributed by atoms with Crippen molar-refractivity contribution in [3.05, 3.63) is 28.8 Å². The van der Waals surface area contributed by atoms with Gasteiger partial charge in [0.25, 0.3) is 0 Å². The zero-order valence-corrected chi connectivity index (χ0v) is 12.3. The summed E-state index contributed by atoms with van der Waals surface area (Å²) >= 11 is 6.23. The third-order valence-corrected chi connectivity index (χ3v) is 3.84. The van der Waals surface area contributed by atoms with Gasteiger partial charge in [-0.2, -0.15) is 0 Å². The molecule has 106 valence electrons. The molecule has 19 heavy (non-hydrogen) atoms. The summed E-state index contributed by atoms with van der Waals surface area (Å²) in [5, 5.41) is 0.761. The number of nitrogens with two attached hydrogens (primary N) is 1. The van der Waals surface area contributed by atoms with Crippen LogP contribution in [0.5, 0.6) is 0 Å². The molecule has 1 fully saturated rings. The predicted molar refractivity (Wildman–Crippen MR) is 80.4 cm³/mol. The van der Waals surface area contributed by atoms with E-state index in [9.17, 15) is 0 Å². The molecule has 2 N–H and O–H groups in total. The maximum atomic E-state index is 6.23. The van der Waals surface area contributed by atoms with E-state index >= 15 is 0 Å². The fourth-order valence-corrected chi connectivity index (χ4v) is 2.76. The van der Waals surface area contributed by atoms with Crippen LogP contribution < -0.4 is 5.73 Å². The summed E-state index contributed by atoms with van der Waals surface area (Å²) in [6.45, 7) is 6.01. The van der Waals surface area contributed by atoms with Crippen LogP contribution in [0.25, 0.3) is 0 Å². The highest BCUT2D eigenvalue weighted by Gasteiger charge is 2.20. The molecule has 1 atom stereocenters. The molecule has 1 unspecified atom stereocenters. The van der Waals surface area contributed by atoms with Crippen molar-refractivity contribution in [3.63, 3.8) is 0 Å². The number of halogens is 1. The Kier molecular flexibility index (Phi) is 5.49. The molecule has 0 saturated carbocycles. The van der Waals surface area contributed by atoms with Crippen molar-refractivity contribution in [2.75, 3.05) is 25.4 Å². The minimum absolute atomic E-state index is 0.376. The molecule has 1 aliphatic rings. The standard InChI is InChI=1S/C15H23ClN2O/c1-2-8-19-14-4-3-7-18(11-14)10-12-5-6-13(17)9-15(12)16/h5-6,9,14H,2-4,7-8,10-11,17H2,1H3. The third kappa shape index (κ3) is 4.37. The number of piperidine rings is 1. The zero-order valence-electron chi connectivity index (χ0n) is 11.6. The van der Waals surface area contributed by atoms with Gasteiger partial charge >= 0.3 is 0 Å². The van der Waals surface area contributed by atoms with Crippen LogP contribution in [0.15, 0.2) is 18.2 Å². The van der Waals surface area contributed by atoms with Crippen molar-refractivity contribution < 1.29 is 4.74 Å². The van der Waals surface area contributed by atoms with Crippen LogP contribution in [0.3, 0.4) is 0 Å². The summed E-state index contributed by atoms with van der Waals surface area (Å²) < 4.78 is 5.85. The van der Waals surface area contributed by atoms with E-state index in [1.165, 1.54) is 12.8 Å². The topological polar surface area (TPSA) is 38.5 Å². The third-order valence-electron chi connectivity index (χ3n) is 3.49. The lowest BCUT2D eigenvalue weighted by atomic mass is 10.1. The maximum absolute atomic E-state index is 6.23. The maximum Gasteiger partial charge on any atom is 0.0702 e. The molecule has 2 rings (SSSR count). The number of ether oxygens (including phenoxy) is 1. The molecule has 0 bridgehead atoms. The Balaban J connectivity index is 1.91. The van der Waals surface area contributed by atoms with Crippen molar-refractivity contribution >= 4 is 17.3 Å². The first kappa shape index (κ1) is 14.6. The predicted octanol–water partition coefficient (Wildman–Crippen LogP) is 3.31. The summed E-state index contributed by atoms with van der Waals surface area (Å²) in [5.41, 5.74) is 7.58. The van der Waals surface area contributed by atoms with E-state index in [4.69, 9.17) is 22.1 Å². The molecule has 0 spiro atoms. The van der Waals surface area contributed by atoms with Crippen LogP contribution in [0.4, 0.5) is 5.69 Å². The number of nitrogens with zero attached hydrogens (tertiary/aromatic N) is 1. The van der Waals surface area contributed by atoms with Gasteiger partial charge in [0.15, 0.2) is 0 Å². The number of hydrogen-bond donors (Lipinski definition) is 1. The molecule has 1 aliphatic heterocycles. The highest BCUT2D eigenvalue weighted by molar-refractivity contribution is 6.31. The van der Waals surface area contributed by atoms with Gasteiger partial charge in [-0.1, -0.05) is 24.6 Å². The molecule has 1 heterocycles. The highest BCUT2D eigenvalue weighted by atomic mass is 35.5. The Bertz CT molecular complexity index is 411. The summed E-state index contributed by atoms with van der Waals surface area (Å²) in [6.07, 6.45) is 3.83. The Labute approximate surface area is 120 Å². The average Bonchev–Trinajstić information content (AvgIpc) is 2.40.